The lowest BCUT2D eigenvalue weighted by Crippen LogP contribution is -2.39. The fourth-order valence-corrected chi connectivity index (χ4v) is 2.99. The average molecular weight is 259 g/mol. The molecule has 0 spiro atoms. The first-order valence-electron chi connectivity index (χ1n) is 7.54. The molecule has 1 aromatic carbocycles. The summed E-state index contributed by atoms with van der Waals surface area (Å²) in [6, 6.07) is 8.67. The van der Waals surface area contributed by atoms with E-state index in [2.05, 4.69) is 43.0 Å². The summed E-state index contributed by atoms with van der Waals surface area (Å²) >= 11 is 0. The van der Waals surface area contributed by atoms with Gasteiger partial charge >= 0.3 is 0 Å². The first-order chi connectivity index (χ1) is 9.24. The lowest BCUT2D eigenvalue weighted by atomic mass is 9.83. The quantitative estimate of drug-likeness (QED) is 0.749. The highest BCUT2D eigenvalue weighted by Gasteiger charge is 2.29. The molecule has 1 aromatic rings. The van der Waals surface area contributed by atoms with Crippen LogP contribution >= 0.6 is 0 Å². The molecular formula is C17H25NO. The molecule has 0 N–H and O–H groups in total. The van der Waals surface area contributed by atoms with Crippen LogP contribution in [0, 0.1) is 5.41 Å². The summed E-state index contributed by atoms with van der Waals surface area (Å²) in [7, 11) is 0. The molecule has 2 nitrogen and oxygen atoms in total. The number of para-hydroxylation sites is 1. The second kappa shape index (κ2) is 6.23. The zero-order valence-electron chi connectivity index (χ0n) is 12.2. The molecule has 0 saturated heterocycles. The predicted molar refractivity (Wildman–Crippen MR) is 80.7 cm³/mol. The fraction of sp³-hybridized carbons (Fsp3) is 0.588. The summed E-state index contributed by atoms with van der Waals surface area (Å²) in [6.07, 6.45) is 6.66. The Labute approximate surface area is 116 Å². The Balaban J connectivity index is 2.27. The van der Waals surface area contributed by atoms with Gasteiger partial charge in [0.25, 0.3) is 0 Å². The fourth-order valence-electron chi connectivity index (χ4n) is 2.99. The number of hydrogen-bond donors (Lipinski definition) is 0. The van der Waals surface area contributed by atoms with Crippen LogP contribution in [0.1, 0.15) is 45.1 Å². The Morgan fingerprint density at radius 1 is 1.21 bits per heavy atom. The van der Waals surface area contributed by atoms with Crippen LogP contribution in [0.4, 0.5) is 5.69 Å². The Morgan fingerprint density at radius 2 is 1.95 bits per heavy atom. The van der Waals surface area contributed by atoms with Crippen LogP contribution < -0.4 is 4.90 Å². The number of aryl methyl sites for hydroxylation is 1. The second-order valence-corrected chi connectivity index (χ2v) is 5.69. The van der Waals surface area contributed by atoms with Gasteiger partial charge in [-0.05, 0) is 43.7 Å². The van der Waals surface area contributed by atoms with E-state index in [1.165, 1.54) is 36.8 Å². The first-order valence-corrected chi connectivity index (χ1v) is 7.54. The molecule has 0 radical (unpaired) electrons. The van der Waals surface area contributed by atoms with Gasteiger partial charge in [-0.3, -0.25) is 0 Å². The van der Waals surface area contributed by atoms with E-state index >= 15 is 0 Å². The molecule has 1 aliphatic heterocycles. The average Bonchev–Trinajstić information content (AvgIpc) is 2.67. The number of hydrogen-bond acceptors (Lipinski definition) is 2. The molecule has 1 heterocycles. The van der Waals surface area contributed by atoms with Crippen LogP contribution in [-0.4, -0.2) is 19.4 Å². The van der Waals surface area contributed by atoms with Crippen molar-refractivity contribution in [3.63, 3.8) is 0 Å². The molecule has 2 heteroatoms. The Morgan fingerprint density at radius 3 is 2.63 bits per heavy atom. The molecule has 0 atom stereocenters. The molecule has 0 amide bonds. The summed E-state index contributed by atoms with van der Waals surface area (Å²) in [5, 5.41) is 0. The third-order valence-corrected chi connectivity index (χ3v) is 4.62. The Kier molecular flexibility index (Phi) is 4.62. The van der Waals surface area contributed by atoms with E-state index in [-0.39, 0.29) is 5.41 Å². The molecule has 0 fully saturated rings. The normalized spacial score (nSPS) is 15.8. The number of rotatable bonds is 5. The number of carbonyl (C=O) groups excluding carboxylic acids is 1. The largest absolute Gasteiger partial charge is 0.370 e. The molecule has 0 aliphatic carbocycles. The van der Waals surface area contributed by atoms with E-state index in [0.717, 1.165) is 25.9 Å². The van der Waals surface area contributed by atoms with Crippen molar-refractivity contribution in [1.29, 1.82) is 0 Å². The van der Waals surface area contributed by atoms with Gasteiger partial charge in [-0.25, -0.2) is 0 Å². The third kappa shape index (κ3) is 2.99. The van der Waals surface area contributed by atoms with Crippen molar-refractivity contribution in [2.24, 2.45) is 5.41 Å². The van der Waals surface area contributed by atoms with Gasteiger partial charge in [-0.15, -0.1) is 0 Å². The standard InChI is InChI=1S/C17H25NO/c1-3-17(4-2,14-19)13-18-12-8-7-10-15-9-5-6-11-16(15)18/h5-6,9,11,14H,3-4,7-8,10,12-13H2,1-2H3. The first kappa shape index (κ1) is 14.1. The van der Waals surface area contributed by atoms with Crippen LogP contribution in [0.25, 0.3) is 0 Å². The lowest BCUT2D eigenvalue weighted by Gasteiger charge is -2.34. The van der Waals surface area contributed by atoms with Crippen molar-refractivity contribution in [2.75, 3.05) is 18.0 Å². The van der Waals surface area contributed by atoms with Crippen LogP contribution in [0.15, 0.2) is 24.3 Å². The van der Waals surface area contributed by atoms with Crippen molar-refractivity contribution in [3.8, 4) is 0 Å². The molecule has 0 saturated carbocycles. The van der Waals surface area contributed by atoms with Crippen molar-refractivity contribution in [1.82, 2.24) is 0 Å². The maximum Gasteiger partial charge on any atom is 0.127 e. The minimum Gasteiger partial charge on any atom is -0.370 e. The zero-order chi connectivity index (χ0) is 13.7. The van der Waals surface area contributed by atoms with Crippen molar-refractivity contribution in [3.05, 3.63) is 29.8 Å². The summed E-state index contributed by atoms with van der Waals surface area (Å²) in [5.41, 5.74) is 2.59. The molecule has 0 unspecified atom stereocenters. The maximum atomic E-state index is 11.5. The number of aldehydes is 1. The number of fused-ring (bicyclic) bond motifs is 1. The number of carbonyl (C=O) groups is 1. The molecule has 19 heavy (non-hydrogen) atoms. The SMILES string of the molecule is CCC(C=O)(CC)CN1CCCCc2ccccc21. The van der Waals surface area contributed by atoms with Gasteiger partial charge in [-0.1, -0.05) is 32.0 Å². The molecular weight excluding hydrogens is 234 g/mol. The molecule has 0 bridgehead atoms. The van der Waals surface area contributed by atoms with Gasteiger partial charge in [0, 0.05) is 24.2 Å². The monoisotopic (exact) mass is 259 g/mol. The van der Waals surface area contributed by atoms with E-state index in [1.807, 2.05) is 0 Å². The van der Waals surface area contributed by atoms with Gasteiger partial charge in [0.1, 0.15) is 6.29 Å². The smallest absolute Gasteiger partial charge is 0.127 e. The molecule has 2 rings (SSSR count). The molecule has 0 aromatic heterocycles. The molecule has 1 aliphatic rings. The van der Waals surface area contributed by atoms with E-state index in [0.29, 0.717) is 0 Å². The van der Waals surface area contributed by atoms with Crippen LogP contribution in [-0.2, 0) is 11.2 Å². The summed E-state index contributed by atoms with van der Waals surface area (Å²) in [5.74, 6) is 0. The lowest BCUT2D eigenvalue weighted by molar-refractivity contribution is -0.116. The molecule has 104 valence electrons. The zero-order valence-corrected chi connectivity index (χ0v) is 12.2. The number of anilines is 1. The van der Waals surface area contributed by atoms with E-state index in [9.17, 15) is 4.79 Å². The highest BCUT2D eigenvalue weighted by Crippen LogP contribution is 2.31. The van der Waals surface area contributed by atoms with Gasteiger partial charge < -0.3 is 9.69 Å². The second-order valence-electron chi connectivity index (χ2n) is 5.69. The highest BCUT2D eigenvalue weighted by atomic mass is 16.1. The Bertz CT molecular complexity index is 423. The van der Waals surface area contributed by atoms with Crippen LogP contribution in [0.3, 0.4) is 0 Å². The summed E-state index contributed by atoms with van der Waals surface area (Å²) < 4.78 is 0. The van der Waals surface area contributed by atoms with E-state index < -0.39 is 0 Å². The minimum atomic E-state index is -0.183. The van der Waals surface area contributed by atoms with Gasteiger partial charge in [0.2, 0.25) is 0 Å². The van der Waals surface area contributed by atoms with Gasteiger partial charge in [0.15, 0.2) is 0 Å². The third-order valence-electron chi connectivity index (χ3n) is 4.62. The van der Waals surface area contributed by atoms with Crippen molar-refractivity contribution < 1.29 is 4.79 Å². The van der Waals surface area contributed by atoms with Crippen LogP contribution in [0.5, 0.6) is 0 Å². The number of benzene rings is 1. The summed E-state index contributed by atoms with van der Waals surface area (Å²) in [4.78, 5) is 14.0. The number of nitrogens with zero attached hydrogens (tertiary/aromatic N) is 1. The van der Waals surface area contributed by atoms with E-state index in [4.69, 9.17) is 0 Å². The van der Waals surface area contributed by atoms with E-state index in [1.54, 1.807) is 0 Å². The van der Waals surface area contributed by atoms with Gasteiger partial charge in [-0.2, -0.15) is 0 Å². The highest BCUT2D eigenvalue weighted by molar-refractivity contribution is 5.62. The predicted octanol–water partition coefficient (Wildman–Crippen LogP) is 3.83. The minimum absolute atomic E-state index is 0.183. The maximum absolute atomic E-state index is 11.5. The Hall–Kier alpha value is -1.31. The topological polar surface area (TPSA) is 20.3 Å². The van der Waals surface area contributed by atoms with Gasteiger partial charge in [0.05, 0.1) is 0 Å². The van der Waals surface area contributed by atoms with Crippen molar-refractivity contribution in [2.45, 2.75) is 46.0 Å². The van der Waals surface area contributed by atoms with Crippen molar-refractivity contribution >= 4 is 12.0 Å². The summed E-state index contributed by atoms with van der Waals surface area (Å²) in [6.45, 7) is 6.19. The van der Waals surface area contributed by atoms with Crippen LogP contribution in [0.2, 0.25) is 0 Å².